The summed E-state index contributed by atoms with van der Waals surface area (Å²) < 4.78 is 5.25. The standard InChI is InChI=1S/C13H16N2O4/c14-13(18)15-12(17)7-19-9-5-4-8-2-1-3-11(16)10(8)6-9/h4-6,11,16H,1-3,7H2,(H3,14,15,17,18). The fourth-order valence-electron chi connectivity index (χ4n) is 2.16. The quantitative estimate of drug-likeness (QED) is 0.745. The van der Waals surface area contributed by atoms with Crippen LogP contribution in [-0.2, 0) is 11.2 Å². The molecule has 0 fully saturated rings. The van der Waals surface area contributed by atoms with Crippen LogP contribution < -0.4 is 15.8 Å². The van der Waals surface area contributed by atoms with Crippen LogP contribution in [0.15, 0.2) is 18.2 Å². The van der Waals surface area contributed by atoms with Crippen molar-refractivity contribution in [2.24, 2.45) is 5.73 Å². The molecule has 3 amide bonds. The van der Waals surface area contributed by atoms with E-state index in [-0.39, 0.29) is 6.61 Å². The number of amides is 3. The zero-order valence-electron chi connectivity index (χ0n) is 10.4. The normalized spacial score (nSPS) is 17.4. The molecule has 1 aliphatic carbocycles. The summed E-state index contributed by atoms with van der Waals surface area (Å²) in [6.45, 7) is -0.294. The zero-order chi connectivity index (χ0) is 13.8. The first-order chi connectivity index (χ1) is 9.06. The maximum Gasteiger partial charge on any atom is 0.318 e. The van der Waals surface area contributed by atoms with Crippen molar-refractivity contribution in [3.05, 3.63) is 29.3 Å². The molecule has 0 aromatic heterocycles. The first-order valence-corrected chi connectivity index (χ1v) is 6.09. The molecule has 1 aromatic carbocycles. The van der Waals surface area contributed by atoms with Crippen molar-refractivity contribution in [2.45, 2.75) is 25.4 Å². The van der Waals surface area contributed by atoms with Crippen LogP contribution in [0.3, 0.4) is 0 Å². The molecule has 0 saturated heterocycles. The van der Waals surface area contributed by atoms with E-state index in [0.29, 0.717) is 5.75 Å². The van der Waals surface area contributed by atoms with Crippen molar-refractivity contribution < 1.29 is 19.4 Å². The Morgan fingerprint density at radius 2 is 2.26 bits per heavy atom. The average Bonchev–Trinajstić information content (AvgIpc) is 2.36. The van der Waals surface area contributed by atoms with Gasteiger partial charge in [-0.25, -0.2) is 4.79 Å². The molecule has 0 aliphatic heterocycles. The molecule has 1 atom stereocenters. The lowest BCUT2D eigenvalue weighted by molar-refractivity contribution is -0.121. The highest BCUT2D eigenvalue weighted by molar-refractivity contribution is 5.94. The number of carbonyl (C=O) groups is 2. The van der Waals surface area contributed by atoms with Gasteiger partial charge in [0.25, 0.3) is 5.91 Å². The Kier molecular flexibility index (Phi) is 4.01. The van der Waals surface area contributed by atoms with Gasteiger partial charge in [-0.2, -0.15) is 0 Å². The maximum atomic E-state index is 11.2. The van der Waals surface area contributed by atoms with Crippen LogP contribution in [-0.4, -0.2) is 23.7 Å². The highest BCUT2D eigenvalue weighted by Crippen LogP contribution is 2.32. The van der Waals surface area contributed by atoms with Gasteiger partial charge in [0.05, 0.1) is 6.10 Å². The van der Waals surface area contributed by atoms with Gasteiger partial charge in [-0.3, -0.25) is 10.1 Å². The number of fused-ring (bicyclic) bond motifs is 1. The second-order valence-corrected chi connectivity index (χ2v) is 4.47. The van der Waals surface area contributed by atoms with Crippen molar-refractivity contribution >= 4 is 11.9 Å². The monoisotopic (exact) mass is 264 g/mol. The predicted molar refractivity (Wildman–Crippen MR) is 67.6 cm³/mol. The van der Waals surface area contributed by atoms with Crippen LogP contribution >= 0.6 is 0 Å². The predicted octanol–water partition coefficient (Wildman–Crippen LogP) is 0.630. The molecule has 6 nitrogen and oxygen atoms in total. The third-order valence-electron chi connectivity index (χ3n) is 3.03. The number of primary amides is 1. The number of imide groups is 1. The number of rotatable bonds is 3. The van der Waals surface area contributed by atoms with Crippen LogP contribution in [0.2, 0.25) is 0 Å². The molecule has 0 radical (unpaired) electrons. The molecule has 0 bridgehead atoms. The number of urea groups is 1. The van der Waals surface area contributed by atoms with E-state index in [1.54, 1.807) is 12.1 Å². The minimum absolute atomic E-state index is 0.294. The third-order valence-corrected chi connectivity index (χ3v) is 3.03. The van der Waals surface area contributed by atoms with E-state index in [4.69, 9.17) is 10.5 Å². The molecule has 19 heavy (non-hydrogen) atoms. The largest absolute Gasteiger partial charge is 0.484 e. The van der Waals surface area contributed by atoms with Crippen molar-refractivity contribution in [3.8, 4) is 5.75 Å². The van der Waals surface area contributed by atoms with Crippen molar-refractivity contribution in [1.82, 2.24) is 5.32 Å². The SMILES string of the molecule is NC(=O)NC(=O)COc1ccc2c(c1)C(O)CCC2. The summed E-state index contributed by atoms with van der Waals surface area (Å²) in [5.41, 5.74) is 6.76. The Balaban J connectivity index is 2.00. The van der Waals surface area contributed by atoms with Gasteiger partial charge in [0, 0.05) is 0 Å². The fourth-order valence-corrected chi connectivity index (χ4v) is 2.16. The van der Waals surface area contributed by atoms with E-state index in [9.17, 15) is 14.7 Å². The molecule has 2 rings (SSSR count). The van der Waals surface area contributed by atoms with Gasteiger partial charge in [-0.05, 0) is 42.5 Å². The number of nitrogens with one attached hydrogen (secondary N) is 1. The number of aliphatic hydroxyl groups excluding tert-OH is 1. The number of aliphatic hydroxyl groups is 1. The summed E-state index contributed by atoms with van der Waals surface area (Å²) in [4.78, 5) is 21.7. The highest BCUT2D eigenvalue weighted by Gasteiger charge is 2.18. The van der Waals surface area contributed by atoms with E-state index in [1.165, 1.54) is 0 Å². The van der Waals surface area contributed by atoms with Crippen LogP contribution in [0.4, 0.5) is 4.79 Å². The molecule has 6 heteroatoms. The Labute approximate surface area is 110 Å². The summed E-state index contributed by atoms with van der Waals surface area (Å²) in [6, 6.07) is 4.46. The van der Waals surface area contributed by atoms with E-state index < -0.39 is 18.0 Å². The van der Waals surface area contributed by atoms with Crippen LogP contribution in [0.25, 0.3) is 0 Å². The Hall–Kier alpha value is -2.08. The lowest BCUT2D eigenvalue weighted by Gasteiger charge is -2.21. The van der Waals surface area contributed by atoms with Gasteiger partial charge >= 0.3 is 6.03 Å². The lowest BCUT2D eigenvalue weighted by Crippen LogP contribution is -2.38. The van der Waals surface area contributed by atoms with Crippen molar-refractivity contribution in [2.75, 3.05) is 6.61 Å². The second-order valence-electron chi connectivity index (χ2n) is 4.47. The second kappa shape index (κ2) is 5.71. The fraction of sp³-hybridized carbons (Fsp3) is 0.385. The van der Waals surface area contributed by atoms with Crippen LogP contribution in [0.5, 0.6) is 5.75 Å². The Morgan fingerprint density at radius 1 is 1.47 bits per heavy atom. The van der Waals surface area contributed by atoms with Gasteiger partial charge in [0.15, 0.2) is 6.61 Å². The Bertz CT molecular complexity index is 501. The number of aryl methyl sites for hydroxylation is 1. The molecule has 4 N–H and O–H groups in total. The first kappa shape index (κ1) is 13.4. The molecular formula is C13H16N2O4. The molecule has 0 spiro atoms. The molecule has 1 unspecified atom stereocenters. The molecule has 1 aromatic rings. The average molecular weight is 264 g/mol. The summed E-state index contributed by atoms with van der Waals surface area (Å²) >= 11 is 0. The van der Waals surface area contributed by atoms with Crippen LogP contribution in [0.1, 0.15) is 30.1 Å². The number of hydrogen-bond donors (Lipinski definition) is 3. The smallest absolute Gasteiger partial charge is 0.318 e. The lowest BCUT2D eigenvalue weighted by atomic mass is 9.89. The molecule has 102 valence electrons. The number of carbonyl (C=O) groups excluding carboxylic acids is 2. The van der Waals surface area contributed by atoms with Crippen LogP contribution in [0, 0.1) is 0 Å². The topological polar surface area (TPSA) is 102 Å². The van der Waals surface area contributed by atoms with Gasteiger partial charge in [-0.15, -0.1) is 0 Å². The summed E-state index contributed by atoms with van der Waals surface area (Å²) in [5, 5.41) is 11.8. The number of nitrogens with two attached hydrogens (primary N) is 1. The Morgan fingerprint density at radius 3 is 3.00 bits per heavy atom. The number of benzene rings is 1. The van der Waals surface area contributed by atoms with Gasteiger partial charge in [0.1, 0.15) is 5.75 Å². The van der Waals surface area contributed by atoms with Crippen molar-refractivity contribution in [3.63, 3.8) is 0 Å². The molecule has 0 saturated carbocycles. The van der Waals surface area contributed by atoms with Crippen molar-refractivity contribution in [1.29, 1.82) is 0 Å². The molecule has 0 heterocycles. The van der Waals surface area contributed by atoms with Gasteiger partial charge in [-0.1, -0.05) is 6.07 Å². The minimum Gasteiger partial charge on any atom is -0.484 e. The minimum atomic E-state index is -0.908. The van der Waals surface area contributed by atoms with E-state index in [2.05, 4.69) is 0 Å². The summed E-state index contributed by atoms with van der Waals surface area (Å²) in [5.74, 6) is -0.120. The summed E-state index contributed by atoms with van der Waals surface area (Å²) in [7, 11) is 0. The molecular weight excluding hydrogens is 248 g/mol. The molecule has 1 aliphatic rings. The highest BCUT2D eigenvalue weighted by atomic mass is 16.5. The van der Waals surface area contributed by atoms with E-state index in [0.717, 1.165) is 30.4 Å². The summed E-state index contributed by atoms with van der Waals surface area (Å²) in [6.07, 6.45) is 2.16. The van der Waals surface area contributed by atoms with E-state index >= 15 is 0 Å². The maximum absolute atomic E-state index is 11.2. The zero-order valence-corrected chi connectivity index (χ0v) is 10.4. The van der Waals surface area contributed by atoms with Gasteiger partial charge in [0.2, 0.25) is 0 Å². The third kappa shape index (κ3) is 3.45. The number of ether oxygens (including phenoxy) is 1. The first-order valence-electron chi connectivity index (χ1n) is 6.09. The number of hydrogen-bond acceptors (Lipinski definition) is 4. The van der Waals surface area contributed by atoms with E-state index in [1.807, 2.05) is 11.4 Å². The van der Waals surface area contributed by atoms with Gasteiger partial charge < -0.3 is 15.6 Å².